The van der Waals surface area contributed by atoms with Gasteiger partial charge < -0.3 is 15.3 Å². The lowest BCUT2D eigenvalue weighted by Crippen LogP contribution is -2.47. The molecule has 3 aliphatic rings. The Balaban J connectivity index is 1.98. The highest BCUT2D eigenvalue weighted by atomic mass is 16.3. The topological polar surface area (TPSA) is 60.7 Å². The lowest BCUT2D eigenvalue weighted by Gasteiger charge is -2.52. The molecule has 0 radical (unpaired) electrons. The Kier molecular flexibility index (Phi) is 3.65. The van der Waals surface area contributed by atoms with Crippen LogP contribution in [0.3, 0.4) is 0 Å². The molecule has 110 valence electrons. The summed E-state index contributed by atoms with van der Waals surface area (Å²) >= 11 is 0. The van der Waals surface area contributed by atoms with Crippen LogP contribution in [0.5, 0.6) is 0 Å². The monoisotopic (exact) mass is 268 g/mol. The van der Waals surface area contributed by atoms with E-state index in [-0.39, 0.29) is 30.7 Å². The minimum absolute atomic E-state index is 0.218. The van der Waals surface area contributed by atoms with E-state index in [0.29, 0.717) is 5.92 Å². The van der Waals surface area contributed by atoms with Gasteiger partial charge in [0, 0.05) is 19.8 Å². The molecule has 2 bridgehead atoms. The molecule has 5 atom stereocenters. The zero-order valence-electron chi connectivity index (χ0n) is 11.9. The van der Waals surface area contributed by atoms with E-state index in [0.717, 1.165) is 31.1 Å². The molecule has 3 rings (SSSR count). The Morgan fingerprint density at radius 2 is 1.68 bits per heavy atom. The zero-order chi connectivity index (χ0) is 13.5. The van der Waals surface area contributed by atoms with Crippen molar-refractivity contribution < 1.29 is 15.3 Å². The summed E-state index contributed by atoms with van der Waals surface area (Å²) in [5, 5.41) is 28.6. The molecule has 0 aliphatic heterocycles. The second-order valence-corrected chi connectivity index (χ2v) is 7.16. The predicted octanol–water partition coefficient (Wildman–Crippen LogP) is 1.95. The van der Waals surface area contributed by atoms with E-state index in [4.69, 9.17) is 0 Å². The predicted molar refractivity (Wildman–Crippen MR) is 73.5 cm³/mol. The molecule has 5 unspecified atom stereocenters. The molecule has 0 aromatic rings. The van der Waals surface area contributed by atoms with Crippen LogP contribution in [0.25, 0.3) is 0 Å². The van der Waals surface area contributed by atoms with E-state index in [1.807, 2.05) is 0 Å². The molecular weight excluding hydrogens is 240 g/mol. The standard InChI is InChI=1S/C16H28O3/c17-8-4-13-1-2-14-12-3-5-15(11-12,6-9-18)16(13,14)7-10-19/h12-14,17-19H,1-11H2. The summed E-state index contributed by atoms with van der Waals surface area (Å²) in [7, 11) is 0. The summed E-state index contributed by atoms with van der Waals surface area (Å²) in [5.74, 6) is 2.13. The van der Waals surface area contributed by atoms with Gasteiger partial charge in [-0.05, 0) is 80.0 Å². The van der Waals surface area contributed by atoms with E-state index >= 15 is 0 Å². The number of rotatable bonds is 6. The van der Waals surface area contributed by atoms with Crippen molar-refractivity contribution in [2.24, 2.45) is 28.6 Å². The van der Waals surface area contributed by atoms with Gasteiger partial charge in [0.05, 0.1) is 0 Å². The second-order valence-electron chi connectivity index (χ2n) is 7.16. The third-order valence-electron chi connectivity index (χ3n) is 7.01. The zero-order valence-corrected chi connectivity index (χ0v) is 11.9. The third kappa shape index (κ3) is 1.68. The quantitative estimate of drug-likeness (QED) is 0.690. The molecule has 3 saturated carbocycles. The Labute approximate surface area is 116 Å². The van der Waals surface area contributed by atoms with Gasteiger partial charge in [-0.1, -0.05) is 0 Å². The maximum atomic E-state index is 9.64. The van der Waals surface area contributed by atoms with Crippen LogP contribution in [-0.4, -0.2) is 35.1 Å². The van der Waals surface area contributed by atoms with Crippen LogP contribution >= 0.6 is 0 Å². The molecular formula is C16H28O3. The molecule has 3 N–H and O–H groups in total. The van der Waals surface area contributed by atoms with Crippen molar-refractivity contribution in [3.05, 3.63) is 0 Å². The molecule has 3 aliphatic carbocycles. The van der Waals surface area contributed by atoms with Gasteiger partial charge in [0.2, 0.25) is 0 Å². The van der Waals surface area contributed by atoms with Crippen LogP contribution in [0.15, 0.2) is 0 Å². The molecule has 0 amide bonds. The van der Waals surface area contributed by atoms with Crippen LogP contribution < -0.4 is 0 Å². The van der Waals surface area contributed by atoms with Gasteiger partial charge in [0.25, 0.3) is 0 Å². The number of hydrogen-bond donors (Lipinski definition) is 3. The lowest BCUT2D eigenvalue weighted by molar-refractivity contribution is -0.0578. The van der Waals surface area contributed by atoms with E-state index in [9.17, 15) is 15.3 Å². The van der Waals surface area contributed by atoms with Crippen LogP contribution in [0, 0.1) is 28.6 Å². The number of fused-ring (bicyclic) bond motifs is 5. The summed E-state index contributed by atoms with van der Waals surface area (Å²) < 4.78 is 0. The molecule has 0 aromatic heterocycles. The highest BCUT2D eigenvalue weighted by molar-refractivity contribution is 5.18. The number of hydrogen-bond acceptors (Lipinski definition) is 3. The van der Waals surface area contributed by atoms with E-state index < -0.39 is 0 Å². The van der Waals surface area contributed by atoms with Crippen molar-refractivity contribution in [2.75, 3.05) is 19.8 Å². The fraction of sp³-hybridized carbons (Fsp3) is 1.00. The molecule has 3 nitrogen and oxygen atoms in total. The van der Waals surface area contributed by atoms with Gasteiger partial charge >= 0.3 is 0 Å². The van der Waals surface area contributed by atoms with Gasteiger partial charge in [-0.15, -0.1) is 0 Å². The summed E-state index contributed by atoms with van der Waals surface area (Å²) in [6, 6.07) is 0. The van der Waals surface area contributed by atoms with Gasteiger partial charge in [-0.3, -0.25) is 0 Å². The van der Waals surface area contributed by atoms with Gasteiger partial charge in [0.1, 0.15) is 0 Å². The summed E-state index contributed by atoms with van der Waals surface area (Å²) in [5.41, 5.74) is 0.478. The SMILES string of the molecule is OCCC1CCC2C3CCC(CCO)(C3)C12CCO. The molecule has 0 saturated heterocycles. The fourth-order valence-electron chi connectivity index (χ4n) is 6.69. The highest BCUT2D eigenvalue weighted by Gasteiger charge is 2.69. The molecule has 0 spiro atoms. The maximum absolute atomic E-state index is 9.64. The van der Waals surface area contributed by atoms with Gasteiger partial charge in [0.15, 0.2) is 0 Å². The van der Waals surface area contributed by atoms with Crippen molar-refractivity contribution >= 4 is 0 Å². The Morgan fingerprint density at radius 1 is 0.895 bits per heavy atom. The average Bonchev–Trinajstić information content (AvgIpc) is 3.01. The van der Waals surface area contributed by atoms with E-state index in [1.54, 1.807) is 0 Å². The first-order chi connectivity index (χ1) is 9.24. The molecule has 3 fully saturated rings. The largest absolute Gasteiger partial charge is 0.396 e. The van der Waals surface area contributed by atoms with Crippen molar-refractivity contribution in [3.63, 3.8) is 0 Å². The van der Waals surface area contributed by atoms with Gasteiger partial charge in [-0.25, -0.2) is 0 Å². The van der Waals surface area contributed by atoms with Crippen LogP contribution in [0.1, 0.15) is 51.4 Å². The minimum Gasteiger partial charge on any atom is -0.396 e. The highest BCUT2D eigenvalue weighted by Crippen LogP contribution is 2.76. The summed E-state index contributed by atoms with van der Waals surface area (Å²) in [6.45, 7) is 0.807. The maximum Gasteiger partial charge on any atom is 0.0436 e. The normalized spacial score (nSPS) is 47.8. The molecule has 19 heavy (non-hydrogen) atoms. The second kappa shape index (κ2) is 5.01. The van der Waals surface area contributed by atoms with Crippen molar-refractivity contribution in [2.45, 2.75) is 51.4 Å². The van der Waals surface area contributed by atoms with Crippen molar-refractivity contribution in [1.82, 2.24) is 0 Å². The lowest BCUT2D eigenvalue weighted by atomic mass is 9.53. The van der Waals surface area contributed by atoms with Gasteiger partial charge in [-0.2, -0.15) is 0 Å². The summed E-state index contributed by atoms with van der Waals surface area (Å²) in [6.07, 6.45) is 9.00. The molecule has 0 heterocycles. The first-order valence-electron chi connectivity index (χ1n) is 8.06. The Hall–Kier alpha value is -0.120. The smallest absolute Gasteiger partial charge is 0.0436 e. The first-order valence-corrected chi connectivity index (χ1v) is 8.06. The average molecular weight is 268 g/mol. The van der Waals surface area contributed by atoms with Crippen LogP contribution in [0.2, 0.25) is 0 Å². The van der Waals surface area contributed by atoms with Crippen molar-refractivity contribution in [1.29, 1.82) is 0 Å². The Bertz CT molecular complexity index is 332. The van der Waals surface area contributed by atoms with Crippen LogP contribution in [0.4, 0.5) is 0 Å². The van der Waals surface area contributed by atoms with E-state index in [2.05, 4.69) is 0 Å². The molecule has 0 aromatic carbocycles. The molecule has 3 heteroatoms. The third-order valence-corrected chi connectivity index (χ3v) is 7.01. The fourth-order valence-corrected chi connectivity index (χ4v) is 6.69. The number of aliphatic hydroxyl groups excluding tert-OH is 3. The summed E-state index contributed by atoms with van der Waals surface area (Å²) in [4.78, 5) is 0. The first kappa shape index (κ1) is 13.8. The van der Waals surface area contributed by atoms with Crippen molar-refractivity contribution in [3.8, 4) is 0 Å². The van der Waals surface area contributed by atoms with Crippen LogP contribution in [-0.2, 0) is 0 Å². The number of aliphatic hydroxyl groups is 3. The Morgan fingerprint density at radius 3 is 2.37 bits per heavy atom. The minimum atomic E-state index is 0.218. The van der Waals surface area contributed by atoms with E-state index in [1.165, 1.54) is 32.1 Å².